The van der Waals surface area contributed by atoms with Gasteiger partial charge in [0.25, 0.3) is 0 Å². The van der Waals surface area contributed by atoms with Gasteiger partial charge in [0.2, 0.25) is 0 Å². The van der Waals surface area contributed by atoms with Crippen molar-refractivity contribution in [2.45, 2.75) is 6.92 Å². The smallest absolute Gasteiger partial charge is 0.113 e. The summed E-state index contributed by atoms with van der Waals surface area (Å²) in [5, 5.41) is 8.41. The highest BCUT2D eigenvalue weighted by molar-refractivity contribution is 5.79. The van der Waals surface area contributed by atoms with E-state index < -0.39 is 0 Å². The van der Waals surface area contributed by atoms with Crippen LogP contribution in [0.1, 0.15) is 6.92 Å². The van der Waals surface area contributed by atoms with Crippen molar-refractivity contribution >= 4 is 16.7 Å². The Labute approximate surface area is 118 Å². The van der Waals surface area contributed by atoms with Gasteiger partial charge in [0, 0.05) is 18.9 Å². The second-order valence-electron chi connectivity index (χ2n) is 4.61. The van der Waals surface area contributed by atoms with Gasteiger partial charge in [-0.15, -0.1) is 5.10 Å². The number of likely N-dealkylation sites (N-methyl/N-ethyl adjacent to an activating group) is 1. The van der Waals surface area contributed by atoms with E-state index in [4.69, 9.17) is 0 Å². The van der Waals surface area contributed by atoms with E-state index in [0.717, 1.165) is 22.4 Å². The normalized spacial score (nSPS) is 17.4. The summed E-state index contributed by atoms with van der Waals surface area (Å²) in [4.78, 5) is 2.08. The van der Waals surface area contributed by atoms with Crippen molar-refractivity contribution in [3.8, 4) is 0 Å². The van der Waals surface area contributed by atoms with Crippen molar-refractivity contribution in [2.24, 2.45) is 0 Å². The van der Waals surface area contributed by atoms with Crippen LogP contribution in [0.25, 0.3) is 16.7 Å². The van der Waals surface area contributed by atoms with E-state index in [1.807, 2.05) is 55.1 Å². The van der Waals surface area contributed by atoms with Crippen molar-refractivity contribution < 1.29 is 0 Å². The van der Waals surface area contributed by atoms with Crippen LogP contribution in [-0.4, -0.2) is 26.9 Å². The Balaban J connectivity index is 1.99. The minimum Gasteiger partial charge on any atom is -0.349 e. The molecule has 4 nitrogen and oxygen atoms in total. The minimum atomic E-state index is 0.903. The van der Waals surface area contributed by atoms with Gasteiger partial charge in [-0.1, -0.05) is 29.5 Å². The Morgan fingerprint density at radius 3 is 2.80 bits per heavy atom. The highest BCUT2D eigenvalue weighted by Crippen LogP contribution is 2.21. The van der Waals surface area contributed by atoms with Gasteiger partial charge in [-0.2, -0.15) is 0 Å². The van der Waals surface area contributed by atoms with Crippen molar-refractivity contribution in [1.29, 1.82) is 0 Å². The van der Waals surface area contributed by atoms with Crippen LogP contribution in [0, 0.1) is 0 Å². The molecule has 0 fully saturated rings. The molecule has 0 spiro atoms. The first-order chi connectivity index (χ1) is 9.79. The first-order valence-electron chi connectivity index (χ1n) is 6.56. The average Bonchev–Trinajstić information content (AvgIpc) is 2.90. The number of benzene rings is 1. The summed E-state index contributed by atoms with van der Waals surface area (Å²) in [6.45, 7) is 2.01. The molecule has 0 saturated heterocycles. The van der Waals surface area contributed by atoms with Gasteiger partial charge < -0.3 is 4.90 Å². The molecule has 0 amide bonds. The van der Waals surface area contributed by atoms with Gasteiger partial charge in [-0.25, -0.2) is 4.68 Å². The lowest BCUT2D eigenvalue weighted by molar-refractivity contribution is 0.580. The maximum Gasteiger partial charge on any atom is 0.113 e. The van der Waals surface area contributed by atoms with Gasteiger partial charge in [0.05, 0.1) is 11.2 Å². The fraction of sp³-hybridized carbons (Fsp3) is 0.125. The second-order valence-corrected chi connectivity index (χ2v) is 4.61. The van der Waals surface area contributed by atoms with Crippen molar-refractivity contribution in [3.05, 3.63) is 66.5 Å². The number of rotatable bonds is 2. The number of para-hydroxylation sites is 1. The predicted molar refractivity (Wildman–Crippen MR) is 81.6 cm³/mol. The fourth-order valence-electron chi connectivity index (χ4n) is 2.16. The molecule has 2 aromatic rings. The molecule has 0 radical (unpaired) electrons. The van der Waals surface area contributed by atoms with Crippen molar-refractivity contribution in [3.63, 3.8) is 0 Å². The maximum absolute atomic E-state index is 4.23. The molecule has 2 heterocycles. The van der Waals surface area contributed by atoms with Crippen molar-refractivity contribution in [1.82, 2.24) is 19.9 Å². The Hall–Kier alpha value is -2.62. The van der Waals surface area contributed by atoms with Gasteiger partial charge >= 0.3 is 0 Å². The van der Waals surface area contributed by atoms with E-state index in [9.17, 15) is 0 Å². The predicted octanol–water partition coefficient (Wildman–Crippen LogP) is 3.19. The summed E-state index contributed by atoms with van der Waals surface area (Å²) < 4.78 is 1.86. The topological polar surface area (TPSA) is 34.0 Å². The first kappa shape index (κ1) is 12.4. The molecular weight excluding hydrogens is 248 g/mol. The monoisotopic (exact) mass is 264 g/mol. The Morgan fingerprint density at radius 1 is 1.15 bits per heavy atom. The zero-order valence-corrected chi connectivity index (χ0v) is 11.6. The molecule has 1 aliphatic rings. The third-order valence-electron chi connectivity index (χ3n) is 3.21. The molecule has 1 aromatic heterocycles. The number of aromatic nitrogens is 3. The van der Waals surface area contributed by atoms with Gasteiger partial charge in [0.1, 0.15) is 5.52 Å². The standard InChI is InChI=1S/C16H16N4/c1-3-4-7-13-10-11-14(12-19(13)2)20-16-9-6-5-8-15(16)17-18-20/h3-12H,1-2H3/b4-3?,13-7-. The molecule has 20 heavy (non-hydrogen) atoms. The van der Waals surface area contributed by atoms with E-state index in [-0.39, 0.29) is 0 Å². The van der Waals surface area contributed by atoms with E-state index >= 15 is 0 Å². The number of nitrogens with zero attached hydrogens (tertiary/aromatic N) is 4. The van der Waals surface area contributed by atoms with E-state index in [1.165, 1.54) is 0 Å². The lowest BCUT2D eigenvalue weighted by atomic mass is 10.2. The van der Waals surface area contributed by atoms with Crippen LogP contribution in [0.4, 0.5) is 0 Å². The van der Waals surface area contributed by atoms with Gasteiger partial charge in [-0.05, 0) is 37.3 Å². The van der Waals surface area contributed by atoms with Gasteiger partial charge in [0.15, 0.2) is 0 Å². The van der Waals surface area contributed by atoms with Crippen LogP contribution in [0.5, 0.6) is 0 Å². The van der Waals surface area contributed by atoms with E-state index in [0.29, 0.717) is 0 Å². The molecule has 0 saturated carbocycles. The summed E-state index contributed by atoms with van der Waals surface area (Å²) in [5.74, 6) is 0. The summed E-state index contributed by atoms with van der Waals surface area (Å²) in [6, 6.07) is 7.95. The first-order valence-corrected chi connectivity index (χ1v) is 6.56. The third-order valence-corrected chi connectivity index (χ3v) is 3.21. The molecule has 4 heteroatoms. The summed E-state index contributed by atoms with van der Waals surface area (Å²) in [5.41, 5.74) is 4.05. The number of fused-ring (bicyclic) bond motifs is 1. The molecule has 0 atom stereocenters. The SMILES string of the molecule is CC=C/C=C1/C=CC(n2nnc3ccccc32)=CN1C. The Kier molecular flexibility index (Phi) is 3.21. The lowest BCUT2D eigenvalue weighted by Crippen LogP contribution is -2.14. The molecule has 0 unspecified atom stereocenters. The van der Waals surface area contributed by atoms with Gasteiger partial charge in [-0.3, -0.25) is 0 Å². The zero-order valence-electron chi connectivity index (χ0n) is 11.6. The largest absolute Gasteiger partial charge is 0.349 e. The number of hydrogen-bond acceptors (Lipinski definition) is 3. The molecule has 0 bridgehead atoms. The Morgan fingerprint density at radius 2 is 2.00 bits per heavy atom. The van der Waals surface area contributed by atoms with E-state index in [1.54, 1.807) is 0 Å². The lowest BCUT2D eigenvalue weighted by Gasteiger charge is -2.21. The second kappa shape index (κ2) is 5.17. The summed E-state index contributed by atoms with van der Waals surface area (Å²) >= 11 is 0. The van der Waals surface area contributed by atoms with Crippen molar-refractivity contribution in [2.75, 3.05) is 7.05 Å². The highest BCUT2D eigenvalue weighted by atomic mass is 15.4. The zero-order chi connectivity index (χ0) is 13.9. The molecule has 0 N–H and O–H groups in total. The van der Waals surface area contributed by atoms with Crippen LogP contribution in [0.2, 0.25) is 0 Å². The molecular formula is C16H16N4. The number of allylic oxidation sites excluding steroid dienone is 6. The highest BCUT2D eigenvalue weighted by Gasteiger charge is 2.11. The minimum absolute atomic E-state index is 0.903. The van der Waals surface area contributed by atoms with Crippen LogP contribution in [-0.2, 0) is 0 Å². The molecule has 100 valence electrons. The molecule has 1 aromatic carbocycles. The number of hydrogen-bond donors (Lipinski definition) is 0. The maximum atomic E-state index is 4.23. The fourth-order valence-corrected chi connectivity index (χ4v) is 2.16. The summed E-state index contributed by atoms with van der Waals surface area (Å²) in [7, 11) is 2.03. The van der Waals surface area contributed by atoms with Crippen LogP contribution in [0.15, 0.2) is 66.5 Å². The average molecular weight is 264 g/mol. The van der Waals surface area contributed by atoms with Crippen LogP contribution >= 0.6 is 0 Å². The molecule has 1 aliphatic heterocycles. The van der Waals surface area contributed by atoms with E-state index in [2.05, 4.69) is 39.6 Å². The molecule has 0 aliphatic carbocycles. The molecule has 3 rings (SSSR count). The Bertz CT molecular complexity index is 747. The van der Waals surface area contributed by atoms with Crippen LogP contribution in [0.3, 0.4) is 0 Å². The quantitative estimate of drug-likeness (QED) is 0.835. The third kappa shape index (κ3) is 2.16. The van der Waals surface area contributed by atoms with Crippen LogP contribution < -0.4 is 0 Å². The summed E-state index contributed by atoms with van der Waals surface area (Å²) in [6.07, 6.45) is 12.3.